The third-order valence-corrected chi connectivity index (χ3v) is 2.85. The predicted octanol–water partition coefficient (Wildman–Crippen LogP) is 3.23. The maximum Gasteiger partial charge on any atom is 0.162 e. The first-order valence-electron chi connectivity index (χ1n) is 7.20. The van der Waals surface area contributed by atoms with Crippen LogP contribution in [0.15, 0.2) is 18.2 Å². The predicted molar refractivity (Wildman–Crippen MR) is 83.1 cm³/mol. The Morgan fingerprint density at radius 2 is 2.05 bits per heavy atom. The summed E-state index contributed by atoms with van der Waals surface area (Å²) >= 11 is 0. The van der Waals surface area contributed by atoms with E-state index in [2.05, 4.69) is 25.1 Å². The van der Waals surface area contributed by atoms with E-state index in [1.807, 2.05) is 25.1 Å². The molecule has 0 saturated carbocycles. The highest BCUT2D eigenvalue weighted by atomic mass is 16.5. The summed E-state index contributed by atoms with van der Waals surface area (Å²) in [6.45, 7) is 9.14. The van der Waals surface area contributed by atoms with Gasteiger partial charge >= 0.3 is 0 Å². The molecule has 3 nitrogen and oxygen atoms in total. The zero-order valence-electron chi connectivity index (χ0n) is 12.7. The molecule has 3 heteroatoms. The minimum atomic E-state index is 0.256. The highest BCUT2D eigenvalue weighted by Gasteiger charge is 2.06. The van der Waals surface area contributed by atoms with E-state index in [9.17, 15) is 0 Å². The van der Waals surface area contributed by atoms with Gasteiger partial charge in [0.1, 0.15) is 6.61 Å². The molecule has 0 aromatic heterocycles. The molecule has 0 aliphatic heterocycles. The van der Waals surface area contributed by atoms with Gasteiger partial charge in [-0.3, -0.25) is 0 Å². The molecule has 0 atom stereocenters. The molecule has 0 radical (unpaired) electrons. The Labute approximate surface area is 122 Å². The number of rotatable bonds is 9. The largest absolute Gasteiger partial charge is 0.490 e. The van der Waals surface area contributed by atoms with Crippen LogP contribution in [0, 0.1) is 18.3 Å². The van der Waals surface area contributed by atoms with Crippen molar-refractivity contribution in [3.8, 4) is 23.8 Å². The van der Waals surface area contributed by atoms with Crippen LogP contribution in [0.5, 0.6) is 11.5 Å². The van der Waals surface area contributed by atoms with Gasteiger partial charge in [-0.15, -0.1) is 6.42 Å². The van der Waals surface area contributed by atoms with E-state index in [0.717, 1.165) is 24.8 Å². The normalized spacial score (nSPS) is 10.3. The van der Waals surface area contributed by atoms with Crippen molar-refractivity contribution in [2.24, 2.45) is 5.92 Å². The molecule has 110 valence electrons. The molecule has 0 aliphatic carbocycles. The van der Waals surface area contributed by atoms with Crippen molar-refractivity contribution in [3.05, 3.63) is 23.8 Å². The number of benzene rings is 1. The van der Waals surface area contributed by atoms with E-state index < -0.39 is 0 Å². The Morgan fingerprint density at radius 1 is 1.25 bits per heavy atom. The van der Waals surface area contributed by atoms with Crippen LogP contribution in [0.2, 0.25) is 0 Å². The second-order valence-electron chi connectivity index (χ2n) is 5.07. The molecule has 0 aliphatic rings. The summed E-state index contributed by atoms with van der Waals surface area (Å²) in [5, 5.41) is 3.44. The smallest absolute Gasteiger partial charge is 0.162 e. The highest BCUT2D eigenvalue weighted by Crippen LogP contribution is 2.28. The minimum absolute atomic E-state index is 0.256. The summed E-state index contributed by atoms with van der Waals surface area (Å²) < 4.78 is 11.1. The Balaban J connectivity index is 2.60. The van der Waals surface area contributed by atoms with Crippen LogP contribution >= 0.6 is 0 Å². The summed E-state index contributed by atoms with van der Waals surface area (Å²) in [4.78, 5) is 0. The number of hydrogen-bond donors (Lipinski definition) is 1. The van der Waals surface area contributed by atoms with E-state index in [-0.39, 0.29) is 6.61 Å². The van der Waals surface area contributed by atoms with Crippen LogP contribution in [-0.4, -0.2) is 19.8 Å². The molecule has 1 rings (SSSR count). The van der Waals surface area contributed by atoms with Crippen LogP contribution in [0.4, 0.5) is 0 Å². The molecule has 1 N–H and O–H groups in total. The van der Waals surface area contributed by atoms with Crippen molar-refractivity contribution in [2.45, 2.75) is 33.7 Å². The van der Waals surface area contributed by atoms with E-state index in [1.54, 1.807) is 0 Å². The molecule has 0 saturated heterocycles. The van der Waals surface area contributed by atoms with Crippen LogP contribution in [-0.2, 0) is 6.54 Å². The van der Waals surface area contributed by atoms with Gasteiger partial charge < -0.3 is 14.8 Å². The molecule has 20 heavy (non-hydrogen) atoms. The van der Waals surface area contributed by atoms with Crippen molar-refractivity contribution < 1.29 is 9.47 Å². The lowest BCUT2D eigenvalue weighted by atomic mass is 10.1. The Kier molecular flexibility index (Phi) is 7.60. The zero-order chi connectivity index (χ0) is 14.8. The second kappa shape index (κ2) is 9.28. The van der Waals surface area contributed by atoms with Gasteiger partial charge in [0.15, 0.2) is 11.5 Å². The number of terminal acetylenes is 1. The topological polar surface area (TPSA) is 30.5 Å². The lowest BCUT2D eigenvalue weighted by Gasteiger charge is -2.13. The Bertz CT molecular complexity index is 435. The molecule has 0 unspecified atom stereocenters. The van der Waals surface area contributed by atoms with Crippen LogP contribution in [0.25, 0.3) is 0 Å². The Morgan fingerprint density at radius 3 is 2.70 bits per heavy atom. The van der Waals surface area contributed by atoms with Gasteiger partial charge in [-0.1, -0.05) is 25.8 Å². The zero-order valence-corrected chi connectivity index (χ0v) is 12.7. The van der Waals surface area contributed by atoms with Crippen molar-refractivity contribution >= 4 is 0 Å². The summed E-state index contributed by atoms with van der Waals surface area (Å²) in [6.07, 6.45) is 6.39. The van der Waals surface area contributed by atoms with E-state index in [4.69, 9.17) is 15.9 Å². The highest BCUT2D eigenvalue weighted by molar-refractivity contribution is 5.43. The molecular weight excluding hydrogens is 250 g/mol. The van der Waals surface area contributed by atoms with E-state index in [1.165, 1.54) is 12.0 Å². The van der Waals surface area contributed by atoms with Gasteiger partial charge in [-0.25, -0.2) is 0 Å². The summed E-state index contributed by atoms with van der Waals surface area (Å²) in [7, 11) is 0. The van der Waals surface area contributed by atoms with Gasteiger partial charge in [0, 0.05) is 6.54 Å². The van der Waals surface area contributed by atoms with E-state index in [0.29, 0.717) is 12.4 Å². The molecule has 0 amide bonds. The molecular formula is C17H25NO2. The summed E-state index contributed by atoms with van der Waals surface area (Å²) in [5.74, 6) is 4.65. The van der Waals surface area contributed by atoms with Gasteiger partial charge in [-0.05, 0) is 43.5 Å². The number of ether oxygens (including phenoxy) is 2. The maximum atomic E-state index is 5.60. The summed E-state index contributed by atoms with van der Waals surface area (Å²) in [5.41, 5.74) is 1.19. The monoisotopic (exact) mass is 275 g/mol. The average molecular weight is 275 g/mol. The van der Waals surface area contributed by atoms with Crippen molar-refractivity contribution in [2.75, 3.05) is 19.8 Å². The fourth-order valence-electron chi connectivity index (χ4n) is 1.79. The quantitative estimate of drug-likeness (QED) is 0.554. The molecule has 1 aromatic rings. The van der Waals surface area contributed by atoms with Gasteiger partial charge in [-0.2, -0.15) is 0 Å². The first kappa shape index (κ1) is 16.4. The van der Waals surface area contributed by atoms with Crippen molar-refractivity contribution in [1.29, 1.82) is 0 Å². The van der Waals surface area contributed by atoms with Crippen LogP contribution < -0.4 is 14.8 Å². The molecule has 0 bridgehead atoms. The van der Waals surface area contributed by atoms with Crippen LogP contribution in [0.1, 0.15) is 32.8 Å². The van der Waals surface area contributed by atoms with E-state index >= 15 is 0 Å². The minimum Gasteiger partial charge on any atom is -0.490 e. The first-order valence-corrected chi connectivity index (χ1v) is 7.20. The maximum absolute atomic E-state index is 5.60. The van der Waals surface area contributed by atoms with Gasteiger partial charge in [0.2, 0.25) is 0 Å². The number of hydrogen-bond acceptors (Lipinski definition) is 3. The standard InChI is InChI=1S/C17H25NO2/c1-5-11-20-16-8-7-15(12-17(16)19-6-2)13-18-10-9-14(3)4/h1,7-8,12,14,18H,6,9-11,13H2,2-4H3. The fourth-order valence-corrected chi connectivity index (χ4v) is 1.79. The van der Waals surface area contributed by atoms with Crippen molar-refractivity contribution in [1.82, 2.24) is 5.32 Å². The fraction of sp³-hybridized carbons (Fsp3) is 0.529. The first-order chi connectivity index (χ1) is 9.67. The summed E-state index contributed by atoms with van der Waals surface area (Å²) in [6, 6.07) is 5.97. The number of nitrogens with one attached hydrogen (secondary N) is 1. The van der Waals surface area contributed by atoms with Crippen molar-refractivity contribution in [3.63, 3.8) is 0 Å². The average Bonchev–Trinajstić information content (AvgIpc) is 2.43. The second-order valence-corrected chi connectivity index (χ2v) is 5.07. The molecule has 0 spiro atoms. The van der Waals surface area contributed by atoms with Gasteiger partial charge in [0.05, 0.1) is 6.61 Å². The molecule has 0 heterocycles. The lowest BCUT2D eigenvalue weighted by molar-refractivity contribution is 0.299. The lowest BCUT2D eigenvalue weighted by Crippen LogP contribution is -2.16. The molecule has 1 aromatic carbocycles. The van der Waals surface area contributed by atoms with Gasteiger partial charge in [0.25, 0.3) is 0 Å². The van der Waals surface area contributed by atoms with Crippen LogP contribution in [0.3, 0.4) is 0 Å². The Hall–Kier alpha value is -1.66. The molecule has 0 fully saturated rings. The third-order valence-electron chi connectivity index (χ3n) is 2.85. The third kappa shape index (κ3) is 5.99. The SMILES string of the molecule is C#CCOc1ccc(CNCCC(C)C)cc1OCC.